The lowest BCUT2D eigenvalue weighted by Crippen LogP contribution is -2.38. The van der Waals surface area contributed by atoms with E-state index in [4.69, 9.17) is 4.74 Å². The number of nitrogens with zero attached hydrogens (tertiary/aromatic N) is 1. The summed E-state index contributed by atoms with van der Waals surface area (Å²) in [5.74, 6) is 0. The second-order valence-corrected chi connectivity index (χ2v) is 6.22. The zero-order valence-electron chi connectivity index (χ0n) is 12.5. The molecular formula is C12H24N4O3S. The van der Waals surface area contributed by atoms with Crippen LogP contribution in [0.2, 0.25) is 0 Å². The molecule has 1 unspecified atom stereocenters. The highest BCUT2D eigenvalue weighted by Crippen LogP contribution is 2.16. The van der Waals surface area contributed by atoms with Crippen LogP contribution in [0.3, 0.4) is 0 Å². The zero-order chi connectivity index (χ0) is 15.2. The molecule has 0 fully saturated rings. The fraction of sp³-hybridized carbons (Fsp3) is 0.750. The van der Waals surface area contributed by atoms with Gasteiger partial charge in [0.25, 0.3) is 10.0 Å². The van der Waals surface area contributed by atoms with Gasteiger partial charge in [0, 0.05) is 31.0 Å². The van der Waals surface area contributed by atoms with Gasteiger partial charge in [-0.05, 0) is 19.9 Å². The van der Waals surface area contributed by atoms with E-state index in [2.05, 4.69) is 20.2 Å². The third kappa shape index (κ3) is 4.27. The smallest absolute Gasteiger partial charge is 0.260 e. The fourth-order valence-corrected chi connectivity index (χ4v) is 3.32. The second kappa shape index (κ2) is 7.72. The largest absolute Gasteiger partial charge is 0.383 e. The molecule has 0 radical (unpaired) electrons. The Labute approximate surface area is 120 Å². The van der Waals surface area contributed by atoms with Crippen LogP contribution in [0, 0.1) is 6.92 Å². The molecule has 0 amide bonds. The van der Waals surface area contributed by atoms with Crippen LogP contribution in [0.1, 0.15) is 31.5 Å². The SMILES string of the molecule is CCNCc1c(S(=O)(=O)NC(CC)COC)n[nH]c1C. The molecule has 1 atom stereocenters. The molecule has 0 aliphatic rings. The van der Waals surface area contributed by atoms with Crippen molar-refractivity contribution in [1.29, 1.82) is 0 Å². The van der Waals surface area contributed by atoms with E-state index in [0.29, 0.717) is 25.1 Å². The van der Waals surface area contributed by atoms with Gasteiger partial charge in [-0.1, -0.05) is 13.8 Å². The molecule has 0 saturated heterocycles. The van der Waals surface area contributed by atoms with Crippen LogP contribution < -0.4 is 10.0 Å². The monoisotopic (exact) mass is 304 g/mol. The lowest BCUT2D eigenvalue weighted by atomic mass is 10.2. The number of rotatable bonds is 9. The Morgan fingerprint density at radius 3 is 2.65 bits per heavy atom. The molecule has 8 heteroatoms. The summed E-state index contributed by atoms with van der Waals surface area (Å²) in [6.07, 6.45) is 0.652. The summed E-state index contributed by atoms with van der Waals surface area (Å²) in [4.78, 5) is 0. The number of hydrogen-bond donors (Lipinski definition) is 3. The number of hydrogen-bond acceptors (Lipinski definition) is 5. The molecule has 20 heavy (non-hydrogen) atoms. The van der Waals surface area contributed by atoms with Gasteiger partial charge < -0.3 is 10.1 Å². The van der Waals surface area contributed by atoms with Crippen LogP contribution in [0.25, 0.3) is 0 Å². The van der Waals surface area contributed by atoms with E-state index in [1.165, 1.54) is 0 Å². The van der Waals surface area contributed by atoms with E-state index in [9.17, 15) is 8.42 Å². The zero-order valence-corrected chi connectivity index (χ0v) is 13.3. The Balaban J connectivity index is 2.97. The minimum absolute atomic E-state index is 0.0607. The topological polar surface area (TPSA) is 96.1 Å². The molecule has 0 aliphatic carbocycles. The van der Waals surface area contributed by atoms with Gasteiger partial charge in [-0.25, -0.2) is 13.1 Å². The van der Waals surface area contributed by atoms with Crippen LogP contribution in [0.15, 0.2) is 5.03 Å². The van der Waals surface area contributed by atoms with Crippen molar-refractivity contribution in [2.75, 3.05) is 20.3 Å². The Bertz CT molecular complexity index is 513. The molecule has 0 saturated carbocycles. The highest BCUT2D eigenvalue weighted by atomic mass is 32.2. The number of aromatic nitrogens is 2. The number of H-pyrrole nitrogens is 1. The highest BCUT2D eigenvalue weighted by molar-refractivity contribution is 7.89. The number of aromatic amines is 1. The van der Waals surface area contributed by atoms with Gasteiger partial charge in [-0.2, -0.15) is 5.10 Å². The fourth-order valence-electron chi connectivity index (χ4n) is 1.82. The number of aryl methyl sites for hydroxylation is 1. The molecule has 1 aromatic heterocycles. The van der Waals surface area contributed by atoms with Crippen LogP contribution in [-0.4, -0.2) is 44.9 Å². The molecule has 0 spiro atoms. The first-order valence-electron chi connectivity index (χ1n) is 6.72. The summed E-state index contributed by atoms with van der Waals surface area (Å²) < 4.78 is 32.4. The predicted octanol–water partition coefficient (Wildman–Crippen LogP) is 0.531. The first kappa shape index (κ1) is 17.1. The third-order valence-corrected chi connectivity index (χ3v) is 4.52. The third-order valence-electron chi connectivity index (χ3n) is 3.02. The molecule has 116 valence electrons. The van der Waals surface area contributed by atoms with Crippen LogP contribution in [-0.2, 0) is 21.3 Å². The summed E-state index contributed by atoms with van der Waals surface area (Å²) in [5.41, 5.74) is 1.43. The van der Waals surface area contributed by atoms with E-state index in [1.54, 1.807) is 7.11 Å². The van der Waals surface area contributed by atoms with Crippen molar-refractivity contribution < 1.29 is 13.2 Å². The summed E-state index contributed by atoms with van der Waals surface area (Å²) in [5, 5.41) is 9.85. The van der Waals surface area contributed by atoms with Crippen molar-refractivity contribution in [3.63, 3.8) is 0 Å². The average Bonchev–Trinajstić information content (AvgIpc) is 2.77. The highest BCUT2D eigenvalue weighted by Gasteiger charge is 2.26. The van der Waals surface area contributed by atoms with E-state index in [1.807, 2.05) is 20.8 Å². The number of methoxy groups -OCH3 is 1. The Morgan fingerprint density at radius 1 is 1.40 bits per heavy atom. The van der Waals surface area contributed by atoms with Gasteiger partial charge in [0.2, 0.25) is 0 Å². The molecule has 0 aromatic carbocycles. The number of ether oxygens (including phenoxy) is 1. The van der Waals surface area contributed by atoms with Crippen molar-refractivity contribution in [2.45, 2.75) is 44.8 Å². The molecule has 3 N–H and O–H groups in total. The minimum Gasteiger partial charge on any atom is -0.383 e. The number of sulfonamides is 1. The maximum Gasteiger partial charge on any atom is 0.260 e. The van der Waals surface area contributed by atoms with Crippen LogP contribution in [0.4, 0.5) is 0 Å². The Hall–Kier alpha value is -0.960. The summed E-state index contributed by atoms with van der Waals surface area (Å²) in [6, 6.07) is -0.256. The van der Waals surface area contributed by atoms with Gasteiger partial charge in [-0.3, -0.25) is 5.10 Å². The van der Waals surface area contributed by atoms with E-state index in [-0.39, 0.29) is 11.1 Å². The molecule has 1 rings (SSSR count). The summed E-state index contributed by atoms with van der Waals surface area (Å²) in [7, 11) is -2.10. The molecule has 1 heterocycles. The summed E-state index contributed by atoms with van der Waals surface area (Å²) >= 11 is 0. The lowest BCUT2D eigenvalue weighted by Gasteiger charge is -2.15. The first-order chi connectivity index (χ1) is 9.46. The van der Waals surface area contributed by atoms with Gasteiger partial charge in [0.1, 0.15) is 0 Å². The lowest BCUT2D eigenvalue weighted by molar-refractivity contribution is 0.173. The molecule has 0 aliphatic heterocycles. The van der Waals surface area contributed by atoms with Crippen molar-refractivity contribution in [2.24, 2.45) is 0 Å². The molecule has 0 bridgehead atoms. The minimum atomic E-state index is -3.65. The second-order valence-electron chi connectivity index (χ2n) is 4.59. The standard InChI is InChI=1S/C12H24N4O3S/c1-5-10(8-19-4)16-20(17,18)12-11(7-13-6-2)9(3)14-15-12/h10,13,16H,5-8H2,1-4H3,(H,14,15). The van der Waals surface area contributed by atoms with Gasteiger partial charge in [0.05, 0.1) is 6.61 Å². The molecule has 1 aromatic rings. The van der Waals surface area contributed by atoms with E-state index >= 15 is 0 Å². The van der Waals surface area contributed by atoms with Crippen molar-refractivity contribution in [3.8, 4) is 0 Å². The molecule has 7 nitrogen and oxygen atoms in total. The van der Waals surface area contributed by atoms with Crippen molar-refractivity contribution >= 4 is 10.0 Å². The van der Waals surface area contributed by atoms with Crippen LogP contribution in [0.5, 0.6) is 0 Å². The van der Waals surface area contributed by atoms with Gasteiger partial charge >= 0.3 is 0 Å². The maximum absolute atomic E-state index is 12.4. The predicted molar refractivity (Wildman–Crippen MR) is 77.0 cm³/mol. The summed E-state index contributed by atoms with van der Waals surface area (Å²) in [6.45, 7) is 7.25. The van der Waals surface area contributed by atoms with E-state index in [0.717, 1.165) is 12.2 Å². The van der Waals surface area contributed by atoms with Crippen molar-refractivity contribution in [1.82, 2.24) is 20.2 Å². The van der Waals surface area contributed by atoms with Gasteiger partial charge in [0.15, 0.2) is 5.03 Å². The Kier molecular flexibility index (Phi) is 6.60. The normalized spacial score (nSPS) is 13.6. The van der Waals surface area contributed by atoms with E-state index < -0.39 is 10.0 Å². The first-order valence-corrected chi connectivity index (χ1v) is 8.20. The average molecular weight is 304 g/mol. The number of nitrogens with one attached hydrogen (secondary N) is 3. The maximum atomic E-state index is 12.4. The Morgan fingerprint density at radius 2 is 2.10 bits per heavy atom. The van der Waals surface area contributed by atoms with Gasteiger partial charge in [-0.15, -0.1) is 0 Å². The van der Waals surface area contributed by atoms with Crippen molar-refractivity contribution in [3.05, 3.63) is 11.3 Å². The molecular weight excluding hydrogens is 280 g/mol. The van der Waals surface area contributed by atoms with Crippen LogP contribution >= 0.6 is 0 Å². The quantitative estimate of drug-likeness (QED) is 0.618.